The number of carbonyl (C=O) groups is 1. The number of nitrogens with two attached hydrogens (primary N) is 1. The van der Waals surface area contributed by atoms with Crippen molar-refractivity contribution in [3.05, 3.63) is 42.0 Å². The van der Waals surface area contributed by atoms with E-state index < -0.39 is 23.6 Å². The van der Waals surface area contributed by atoms with Gasteiger partial charge in [0.25, 0.3) is 5.91 Å². The molecule has 0 bridgehead atoms. The van der Waals surface area contributed by atoms with E-state index in [0.29, 0.717) is 44.6 Å². The first-order chi connectivity index (χ1) is 16.2. The minimum absolute atomic E-state index is 0.130. The highest BCUT2D eigenvalue weighted by Crippen LogP contribution is 2.38. The molecule has 1 saturated heterocycles. The van der Waals surface area contributed by atoms with E-state index >= 15 is 0 Å². The molecule has 3 aromatic heterocycles. The van der Waals surface area contributed by atoms with E-state index in [1.54, 1.807) is 6.07 Å². The van der Waals surface area contributed by atoms with Gasteiger partial charge in [-0.25, -0.2) is 9.50 Å². The fourth-order valence-electron chi connectivity index (χ4n) is 4.20. The molecule has 1 aliphatic carbocycles. The van der Waals surface area contributed by atoms with Crippen molar-refractivity contribution in [1.29, 1.82) is 0 Å². The normalized spacial score (nSPS) is 18.4. The van der Waals surface area contributed by atoms with Gasteiger partial charge in [0, 0.05) is 31.3 Å². The number of nitrogen functional groups attached to an aromatic ring is 1. The third kappa shape index (κ3) is 4.23. The van der Waals surface area contributed by atoms with Crippen LogP contribution in [0.15, 0.2) is 30.7 Å². The van der Waals surface area contributed by atoms with Crippen LogP contribution in [0.5, 0.6) is 5.75 Å². The van der Waals surface area contributed by atoms with E-state index in [1.807, 2.05) is 0 Å². The number of hydrogen-bond acceptors (Lipinski definition) is 8. The van der Waals surface area contributed by atoms with Crippen molar-refractivity contribution in [3.8, 4) is 5.75 Å². The average Bonchev–Trinajstić information content (AvgIpc) is 3.39. The first-order valence-electron chi connectivity index (χ1n) is 10.7. The minimum Gasteiger partial charge on any atom is -0.488 e. The van der Waals surface area contributed by atoms with Crippen LogP contribution in [-0.2, 0) is 15.7 Å². The largest absolute Gasteiger partial charge is 0.488 e. The smallest absolute Gasteiger partial charge is 0.433 e. The predicted octanol–water partition coefficient (Wildman–Crippen LogP) is 3.04. The maximum Gasteiger partial charge on any atom is 0.433 e. The summed E-state index contributed by atoms with van der Waals surface area (Å²) in [6.45, 7) is 1.16. The number of amides is 1. The van der Waals surface area contributed by atoms with Crippen LogP contribution in [0.4, 0.5) is 24.7 Å². The Morgan fingerprint density at radius 1 is 1.24 bits per heavy atom. The second-order valence-electron chi connectivity index (χ2n) is 8.09. The van der Waals surface area contributed by atoms with Gasteiger partial charge < -0.3 is 25.3 Å². The van der Waals surface area contributed by atoms with E-state index in [1.165, 1.54) is 12.4 Å². The van der Waals surface area contributed by atoms with Gasteiger partial charge in [-0.05, 0) is 18.9 Å². The van der Waals surface area contributed by atoms with Crippen LogP contribution in [0.1, 0.15) is 41.7 Å². The van der Waals surface area contributed by atoms with Crippen LogP contribution in [0.2, 0.25) is 0 Å². The summed E-state index contributed by atoms with van der Waals surface area (Å²) in [5, 5.41) is 6.49. The summed E-state index contributed by atoms with van der Waals surface area (Å²) in [7, 11) is 0. The molecule has 2 aliphatic rings. The first kappa shape index (κ1) is 22.3. The maximum absolute atomic E-state index is 13.1. The van der Waals surface area contributed by atoms with Crippen molar-refractivity contribution in [1.82, 2.24) is 19.6 Å². The van der Waals surface area contributed by atoms with Crippen LogP contribution in [0.3, 0.4) is 0 Å². The predicted molar refractivity (Wildman–Crippen MR) is 112 cm³/mol. The number of pyridine rings is 1. The van der Waals surface area contributed by atoms with Crippen molar-refractivity contribution < 1.29 is 32.2 Å². The number of fused-ring (bicyclic) bond motifs is 1. The molecule has 0 radical (unpaired) electrons. The average molecular weight is 478 g/mol. The highest BCUT2D eigenvalue weighted by Gasteiger charge is 2.41. The quantitative estimate of drug-likeness (QED) is 0.586. The molecule has 0 unspecified atom stereocenters. The molecule has 34 heavy (non-hydrogen) atoms. The lowest BCUT2D eigenvalue weighted by Crippen LogP contribution is -2.38. The van der Waals surface area contributed by atoms with Gasteiger partial charge in [0.15, 0.2) is 17.3 Å². The van der Waals surface area contributed by atoms with Crippen molar-refractivity contribution in [2.75, 3.05) is 24.3 Å². The number of alkyl halides is 3. The number of nitrogens with zero attached hydrogens (tertiary/aromatic N) is 4. The summed E-state index contributed by atoms with van der Waals surface area (Å²) in [6.07, 6.45) is 1.90. The summed E-state index contributed by atoms with van der Waals surface area (Å²) in [4.78, 5) is 20.6. The van der Waals surface area contributed by atoms with Crippen LogP contribution in [0.25, 0.3) is 5.65 Å². The molecule has 5 rings (SSSR count). The van der Waals surface area contributed by atoms with Gasteiger partial charge in [-0.2, -0.15) is 13.2 Å². The molecule has 1 spiro atoms. The molecule has 0 atom stereocenters. The van der Waals surface area contributed by atoms with Gasteiger partial charge >= 0.3 is 6.18 Å². The van der Waals surface area contributed by atoms with Gasteiger partial charge in [-0.3, -0.25) is 9.78 Å². The van der Waals surface area contributed by atoms with Gasteiger partial charge in [-0.1, -0.05) is 0 Å². The lowest BCUT2D eigenvalue weighted by molar-refractivity contribution is -0.185. The Bertz CT molecular complexity index is 1210. The second-order valence-corrected chi connectivity index (χ2v) is 8.09. The van der Waals surface area contributed by atoms with Crippen LogP contribution in [-0.4, -0.2) is 50.6 Å². The van der Waals surface area contributed by atoms with E-state index in [4.69, 9.17) is 19.9 Å². The molecule has 1 amide bonds. The Morgan fingerprint density at radius 2 is 1.97 bits per heavy atom. The molecule has 4 heterocycles. The molecule has 13 heteroatoms. The van der Waals surface area contributed by atoms with E-state index in [0.717, 1.165) is 16.8 Å². The Hall–Kier alpha value is -3.45. The minimum atomic E-state index is -4.69. The van der Waals surface area contributed by atoms with E-state index in [9.17, 15) is 18.0 Å². The zero-order valence-corrected chi connectivity index (χ0v) is 17.8. The lowest BCUT2D eigenvalue weighted by Gasteiger charge is -2.35. The molecule has 1 saturated carbocycles. The van der Waals surface area contributed by atoms with Crippen LogP contribution >= 0.6 is 0 Å². The summed E-state index contributed by atoms with van der Waals surface area (Å²) >= 11 is 0. The number of rotatable bonds is 4. The maximum atomic E-state index is 13.1. The number of ether oxygens (including phenoxy) is 3. The molecular weight excluding hydrogens is 457 g/mol. The molecular formula is C21H21F3N6O4. The number of anilines is 2. The molecule has 3 aromatic rings. The highest BCUT2D eigenvalue weighted by atomic mass is 19.4. The standard InChI is InChI=1S/C21H21F3N6O4/c22-21(23,24)15-4-8-30-18(28-15)16(17(25)29-30)19(31)27-13-11-26-7-3-14(13)34-12-1-5-20(6-2-12)32-9-10-33-20/h3-4,7-8,11-12H,1-2,5-6,9-10H2,(H2,25,29)(H,27,31). The van der Waals surface area contributed by atoms with Gasteiger partial charge in [0.05, 0.1) is 25.5 Å². The molecule has 0 aromatic carbocycles. The number of hydrogen-bond donors (Lipinski definition) is 2. The summed E-state index contributed by atoms with van der Waals surface area (Å²) in [6, 6.07) is 2.35. The van der Waals surface area contributed by atoms with E-state index in [2.05, 4.69) is 20.4 Å². The van der Waals surface area contributed by atoms with E-state index in [-0.39, 0.29) is 28.8 Å². The van der Waals surface area contributed by atoms with Crippen molar-refractivity contribution in [2.24, 2.45) is 0 Å². The zero-order chi connectivity index (χ0) is 23.9. The fourth-order valence-corrected chi connectivity index (χ4v) is 4.20. The number of halogens is 3. The Labute approximate surface area is 191 Å². The van der Waals surface area contributed by atoms with Crippen LogP contribution < -0.4 is 15.8 Å². The van der Waals surface area contributed by atoms with Crippen molar-refractivity contribution in [3.63, 3.8) is 0 Å². The van der Waals surface area contributed by atoms with Gasteiger partial charge in [0.1, 0.15) is 22.7 Å². The van der Waals surface area contributed by atoms with Crippen molar-refractivity contribution in [2.45, 2.75) is 43.8 Å². The lowest BCUT2D eigenvalue weighted by atomic mass is 9.92. The topological polar surface area (TPSA) is 126 Å². The highest BCUT2D eigenvalue weighted by molar-refractivity contribution is 6.12. The molecule has 10 nitrogen and oxygen atoms in total. The number of nitrogens with one attached hydrogen (secondary N) is 1. The Balaban J connectivity index is 1.35. The fraction of sp³-hybridized carbons (Fsp3) is 0.429. The van der Waals surface area contributed by atoms with Crippen LogP contribution in [0, 0.1) is 0 Å². The van der Waals surface area contributed by atoms with Gasteiger partial charge in [-0.15, -0.1) is 5.10 Å². The molecule has 180 valence electrons. The monoisotopic (exact) mass is 478 g/mol. The summed E-state index contributed by atoms with van der Waals surface area (Å²) in [5.74, 6) is -1.20. The third-order valence-electron chi connectivity index (χ3n) is 5.86. The Kier molecular flexibility index (Phi) is 5.52. The zero-order valence-electron chi connectivity index (χ0n) is 17.8. The van der Waals surface area contributed by atoms with Crippen molar-refractivity contribution >= 4 is 23.1 Å². The Morgan fingerprint density at radius 3 is 2.68 bits per heavy atom. The molecule has 2 fully saturated rings. The SMILES string of the molecule is Nc1nn2ccc(C(F)(F)F)nc2c1C(=O)Nc1cnccc1OC1CCC2(CC1)OCCO2. The number of aromatic nitrogens is 4. The molecule has 1 aliphatic heterocycles. The third-order valence-corrected chi connectivity index (χ3v) is 5.86. The second kappa shape index (κ2) is 8.40. The molecule has 3 N–H and O–H groups in total. The number of carbonyl (C=O) groups excluding carboxylic acids is 1. The first-order valence-corrected chi connectivity index (χ1v) is 10.7. The van der Waals surface area contributed by atoms with Gasteiger partial charge in [0.2, 0.25) is 0 Å². The summed E-state index contributed by atoms with van der Waals surface area (Å²) < 4.78 is 57.9. The summed E-state index contributed by atoms with van der Waals surface area (Å²) in [5.41, 5.74) is 4.31.